The molecule has 0 spiro atoms. The molecule has 2 aromatic carbocycles. The van der Waals surface area contributed by atoms with Gasteiger partial charge in [-0.2, -0.15) is 0 Å². The summed E-state index contributed by atoms with van der Waals surface area (Å²) in [5.74, 6) is 0. The molecule has 0 saturated carbocycles. The number of hydrogen-bond acceptors (Lipinski definition) is 2. The minimum atomic E-state index is 0.776. The van der Waals surface area contributed by atoms with E-state index in [0.717, 1.165) is 24.7 Å². The first-order valence-corrected chi connectivity index (χ1v) is 9.08. The molecule has 26 heavy (non-hydrogen) atoms. The van der Waals surface area contributed by atoms with E-state index in [-0.39, 0.29) is 0 Å². The molecule has 4 heteroatoms. The zero-order valence-corrected chi connectivity index (χ0v) is 15.2. The molecule has 0 amide bonds. The standard InChI is InChI=1S/C22H20ClN3/c23-20-5-3-4-18(12-20)15-26-16-19(21-6-1-2-7-22(21)26)14-25-13-17-8-10-24-11-9-17/h1-12,16,25H,13-15H2. The lowest BCUT2D eigenvalue weighted by atomic mass is 10.1. The van der Waals surface area contributed by atoms with Crippen molar-refractivity contribution in [3.8, 4) is 0 Å². The molecular formula is C22H20ClN3. The Morgan fingerprint density at radius 2 is 1.73 bits per heavy atom. The van der Waals surface area contributed by atoms with Crippen LogP contribution in [0.3, 0.4) is 0 Å². The molecule has 0 fully saturated rings. The van der Waals surface area contributed by atoms with Crippen molar-refractivity contribution in [2.24, 2.45) is 0 Å². The van der Waals surface area contributed by atoms with Crippen LogP contribution in [0.5, 0.6) is 0 Å². The lowest BCUT2D eigenvalue weighted by molar-refractivity contribution is 0.692. The van der Waals surface area contributed by atoms with E-state index in [1.54, 1.807) is 0 Å². The van der Waals surface area contributed by atoms with E-state index in [9.17, 15) is 0 Å². The molecule has 3 nitrogen and oxygen atoms in total. The molecule has 4 aromatic rings. The fourth-order valence-corrected chi connectivity index (χ4v) is 3.48. The summed E-state index contributed by atoms with van der Waals surface area (Å²) >= 11 is 6.14. The third kappa shape index (κ3) is 3.79. The smallest absolute Gasteiger partial charge is 0.0486 e. The summed E-state index contributed by atoms with van der Waals surface area (Å²) in [4.78, 5) is 4.06. The normalized spacial score (nSPS) is 11.1. The Kier molecular flexibility index (Phi) is 5.00. The number of pyridine rings is 1. The lowest BCUT2D eigenvalue weighted by Gasteiger charge is -2.06. The van der Waals surface area contributed by atoms with Gasteiger partial charge in [-0.05, 0) is 47.0 Å². The maximum atomic E-state index is 6.14. The van der Waals surface area contributed by atoms with Gasteiger partial charge < -0.3 is 9.88 Å². The van der Waals surface area contributed by atoms with Crippen molar-refractivity contribution in [2.75, 3.05) is 0 Å². The van der Waals surface area contributed by atoms with Gasteiger partial charge >= 0.3 is 0 Å². The largest absolute Gasteiger partial charge is 0.343 e. The molecule has 130 valence electrons. The van der Waals surface area contributed by atoms with Crippen LogP contribution in [0.15, 0.2) is 79.3 Å². The Bertz CT molecular complexity index is 1010. The van der Waals surface area contributed by atoms with Crippen molar-refractivity contribution < 1.29 is 0 Å². The molecule has 0 aliphatic rings. The maximum Gasteiger partial charge on any atom is 0.0486 e. The van der Waals surface area contributed by atoms with E-state index in [4.69, 9.17) is 11.6 Å². The summed E-state index contributed by atoms with van der Waals surface area (Å²) < 4.78 is 2.30. The summed E-state index contributed by atoms with van der Waals surface area (Å²) in [5.41, 5.74) is 4.99. The first kappa shape index (κ1) is 16.8. The average molecular weight is 362 g/mol. The highest BCUT2D eigenvalue weighted by Crippen LogP contribution is 2.23. The third-order valence-electron chi connectivity index (χ3n) is 4.51. The summed E-state index contributed by atoms with van der Waals surface area (Å²) in [6, 6.07) is 20.7. The number of halogens is 1. The molecule has 4 rings (SSSR count). The summed E-state index contributed by atoms with van der Waals surface area (Å²) in [7, 11) is 0. The van der Waals surface area contributed by atoms with Gasteiger partial charge in [0.15, 0.2) is 0 Å². The number of hydrogen-bond donors (Lipinski definition) is 1. The van der Waals surface area contributed by atoms with Gasteiger partial charge in [-0.1, -0.05) is 41.9 Å². The Labute approximate surface area is 158 Å². The van der Waals surface area contributed by atoms with E-state index < -0.39 is 0 Å². The van der Waals surface area contributed by atoms with Gasteiger partial charge in [-0.25, -0.2) is 0 Å². The molecule has 0 radical (unpaired) electrons. The van der Waals surface area contributed by atoms with Gasteiger partial charge in [0.25, 0.3) is 0 Å². The van der Waals surface area contributed by atoms with Crippen molar-refractivity contribution in [3.63, 3.8) is 0 Å². The molecule has 0 atom stereocenters. The molecular weight excluding hydrogens is 342 g/mol. The minimum Gasteiger partial charge on any atom is -0.343 e. The third-order valence-corrected chi connectivity index (χ3v) is 4.74. The molecule has 0 aliphatic carbocycles. The molecule has 0 unspecified atom stereocenters. The van der Waals surface area contributed by atoms with Gasteiger partial charge in [-0.3, -0.25) is 4.98 Å². The van der Waals surface area contributed by atoms with Crippen LogP contribution in [-0.4, -0.2) is 9.55 Å². The predicted molar refractivity (Wildman–Crippen MR) is 107 cm³/mol. The van der Waals surface area contributed by atoms with Crippen molar-refractivity contribution in [3.05, 3.63) is 101 Å². The molecule has 1 N–H and O–H groups in total. The topological polar surface area (TPSA) is 29.9 Å². The van der Waals surface area contributed by atoms with Gasteiger partial charge in [0, 0.05) is 54.2 Å². The summed E-state index contributed by atoms with van der Waals surface area (Å²) in [6.45, 7) is 2.47. The van der Waals surface area contributed by atoms with E-state index in [1.807, 2.05) is 42.7 Å². The second-order valence-electron chi connectivity index (χ2n) is 6.39. The number of rotatable bonds is 6. The highest BCUT2D eigenvalue weighted by Gasteiger charge is 2.08. The highest BCUT2D eigenvalue weighted by atomic mass is 35.5. The average Bonchev–Trinajstić information content (AvgIpc) is 3.01. The zero-order chi connectivity index (χ0) is 17.8. The van der Waals surface area contributed by atoms with Crippen molar-refractivity contribution in [2.45, 2.75) is 19.6 Å². The number of benzene rings is 2. The fraction of sp³-hybridized carbons (Fsp3) is 0.136. The highest BCUT2D eigenvalue weighted by molar-refractivity contribution is 6.30. The van der Waals surface area contributed by atoms with Crippen LogP contribution in [0.1, 0.15) is 16.7 Å². The number of para-hydroxylation sites is 1. The van der Waals surface area contributed by atoms with Crippen LogP contribution in [0.2, 0.25) is 5.02 Å². The lowest BCUT2D eigenvalue weighted by Crippen LogP contribution is -2.12. The predicted octanol–water partition coefficient (Wildman–Crippen LogP) is 5.03. The number of nitrogens with zero attached hydrogens (tertiary/aromatic N) is 2. The minimum absolute atomic E-state index is 0.776. The molecule has 0 aliphatic heterocycles. The van der Waals surface area contributed by atoms with Gasteiger partial charge in [-0.15, -0.1) is 0 Å². The first-order valence-electron chi connectivity index (χ1n) is 8.70. The molecule has 0 saturated heterocycles. The Morgan fingerprint density at radius 3 is 2.58 bits per heavy atom. The Morgan fingerprint density at radius 1 is 0.885 bits per heavy atom. The first-order chi connectivity index (χ1) is 12.8. The van der Waals surface area contributed by atoms with Crippen LogP contribution in [0.25, 0.3) is 10.9 Å². The van der Waals surface area contributed by atoms with Crippen LogP contribution in [0.4, 0.5) is 0 Å². The van der Waals surface area contributed by atoms with Gasteiger partial charge in [0.1, 0.15) is 0 Å². The second kappa shape index (κ2) is 7.73. The monoisotopic (exact) mass is 361 g/mol. The van der Waals surface area contributed by atoms with E-state index in [1.165, 1.54) is 27.6 Å². The van der Waals surface area contributed by atoms with Crippen LogP contribution >= 0.6 is 11.6 Å². The van der Waals surface area contributed by atoms with E-state index in [2.05, 4.69) is 51.4 Å². The van der Waals surface area contributed by atoms with Crippen molar-refractivity contribution in [1.29, 1.82) is 0 Å². The summed E-state index contributed by atoms with van der Waals surface area (Å²) in [6.07, 6.45) is 5.90. The Hall–Kier alpha value is -2.62. The summed E-state index contributed by atoms with van der Waals surface area (Å²) in [5, 5.41) is 5.60. The van der Waals surface area contributed by atoms with E-state index in [0.29, 0.717) is 0 Å². The SMILES string of the molecule is Clc1cccc(Cn2cc(CNCc3ccncc3)c3ccccc32)c1. The van der Waals surface area contributed by atoms with Crippen LogP contribution in [-0.2, 0) is 19.6 Å². The van der Waals surface area contributed by atoms with E-state index >= 15 is 0 Å². The van der Waals surface area contributed by atoms with Gasteiger partial charge in [0.05, 0.1) is 0 Å². The second-order valence-corrected chi connectivity index (χ2v) is 6.82. The number of nitrogens with one attached hydrogen (secondary N) is 1. The van der Waals surface area contributed by atoms with Crippen molar-refractivity contribution in [1.82, 2.24) is 14.9 Å². The van der Waals surface area contributed by atoms with Gasteiger partial charge in [0.2, 0.25) is 0 Å². The van der Waals surface area contributed by atoms with Crippen LogP contribution in [0, 0.1) is 0 Å². The molecule has 2 aromatic heterocycles. The van der Waals surface area contributed by atoms with Crippen LogP contribution < -0.4 is 5.32 Å². The quantitative estimate of drug-likeness (QED) is 0.522. The Balaban J connectivity index is 1.55. The molecule has 2 heterocycles. The zero-order valence-electron chi connectivity index (χ0n) is 14.4. The van der Waals surface area contributed by atoms with Crippen molar-refractivity contribution >= 4 is 22.5 Å². The maximum absolute atomic E-state index is 6.14. The molecule has 0 bridgehead atoms. The number of aromatic nitrogens is 2. The number of fused-ring (bicyclic) bond motifs is 1. The fourth-order valence-electron chi connectivity index (χ4n) is 3.27.